The van der Waals surface area contributed by atoms with Crippen molar-refractivity contribution in [2.24, 2.45) is 0 Å². The first-order chi connectivity index (χ1) is 9.66. The van der Waals surface area contributed by atoms with Gasteiger partial charge in [-0.2, -0.15) is 8.78 Å². The Kier molecular flexibility index (Phi) is 3.39. The Bertz CT molecular complexity index is 729. The number of nitrogens with zero attached hydrogens (tertiary/aromatic N) is 3. The largest absolute Gasteiger partial charge is 0.390 e. The Morgan fingerprint density at radius 2 is 1.86 bits per heavy atom. The molecule has 0 fully saturated rings. The van der Waals surface area contributed by atoms with E-state index in [-0.39, 0.29) is 10.4 Å². The first-order valence-corrected chi connectivity index (χ1v) is 5.39. The molecule has 21 heavy (non-hydrogen) atoms. The number of halogens is 5. The molecule has 0 spiro atoms. The molecule has 0 unspecified atom stereocenters. The van der Waals surface area contributed by atoms with Gasteiger partial charge in [0, 0.05) is 0 Å². The van der Waals surface area contributed by atoms with Crippen LogP contribution in [0.3, 0.4) is 0 Å². The van der Waals surface area contributed by atoms with E-state index in [0.29, 0.717) is 12.1 Å². The van der Waals surface area contributed by atoms with Gasteiger partial charge in [-0.05, 0) is 24.0 Å². The van der Waals surface area contributed by atoms with Crippen LogP contribution in [-0.2, 0) is 6.05 Å². The number of nitro groups is 1. The molecule has 1 heterocycles. The van der Waals surface area contributed by atoms with E-state index in [4.69, 9.17) is 0 Å². The van der Waals surface area contributed by atoms with Gasteiger partial charge in [-0.3, -0.25) is 0 Å². The van der Waals surface area contributed by atoms with E-state index in [2.05, 4.69) is 5.10 Å². The van der Waals surface area contributed by atoms with E-state index in [9.17, 15) is 32.1 Å². The fourth-order valence-electron chi connectivity index (χ4n) is 1.70. The fourth-order valence-corrected chi connectivity index (χ4v) is 1.70. The van der Waals surface area contributed by atoms with E-state index < -0.39 is 39.8 Å². The SMILES string of the molecule is Cc1cc([N+](=O)[O-])nn1C(F)(F)c1ccc(F)c(F)c1F. The minimum Gasteiger partial charge on any atom is -0.358 e. The molecule has 0 atom stereocenters. The van der Waals surface area contributed by atoms with E-state index in [1.165, 1.54) is 0 Å². The third kappa shape index (κ3) is 2.32. The Hall–Kier alpha value is -2.52. The second-order valence-corrected chi connectivity index (χ2v) is 4.08. The summed E-state index contributed by atoms with van der Waals surface area (Å²) in [5.74, 6) is -6.66. The van der Waals surface area contributed by atoms with E-state index >= 15 is 0 Å². The van der Waals surface area contributed by atoms with Crippen LogP contribution < -0.4 is 0 Å². The number of hydrogen-bond acceptors (Lipinski definition) is 3. The van der Waals surface area contributed by atoms with Crippen LogP contribution in [0.2, 0.25) is 0 Å². The van der Waals surface area contributed by atoms with Gasteiger partial charge in [0.2, 0.25) is 0 Å². The molecule has 10 heteroatoms. The van der Waals surface area contributed by atoms with E-state index in [0.717, 1.165) is 13.0 Å². The maximum Gasteiger partial charge on any atom is 0.390 e. The van der Waals surface area contributed by atoms with Crippen molar-refractivity contribution >= 4 is 5.82 Å². The standard InChI is InChI=1S/C11H6F5N3O2/c1-5-4-8(19(20)21)17-18(5)11(15,16)6-2-3-7(12)10(14)9(6)13/h2-4H,1H3. The molecule has 1 aromatic carbocycles. The van der Waals surface area contributed by atoms with Crippen LogP contribution in [0, 0.1) is 34.5 Å². The zero-order valence-corrected chi connectivity index (χ0v) is 10.3. The average Bonchev–Trinajstić information content (AvgIpc) is 2.79. The predicted molar refractivity (Wildman–Crippen MR) is 59.2 cm³/mol. The summed E-state index contributed by atoms with van der Waals surface area (Å²) >= 11 is 0. The van der Waals surface area contributed by atoms with Gasteiger partial charge >= 0.3 is 11.9 Å². The lowest BCUT2D eigenvalue weighted by Crippen LogP contribution is -2.28. The Balaban J connectivity index is 2.62. The number of benzene rings is 1. The van der Waals surface area contributed by atoms with Crippen LogP contribution in [0.5, 0.6) is 0 Å². The molecule has 0 bridgehead atoms. The van der Waals surface area contributed by atoms with Gasteiger partial charge in [0.25, 0.3) is 0 Å². The minimum absolute atomic E-state index is 0.124. The summed E-state index contributed by atoms with van der Waals surface area (Å²) in [6.07, 6.45) is 0. The van der Waals surface area contributed by atoms with Crippen molar-refractivity contribution in [1.29, 1.82) is 0 Å². The zero-order valence-electron chi connectivity index (χ0n) is 10.3. The first-order valence-electron chi connectivity index (χ1n) is 5.39. The van der Waals surface area contributed by atoms with Gasteiger partial charge in [0.15, 0.2) is 17.5 Å². The number of aryl methyl sites for hydroxylation is 1. The van der Waals surface area contributed by atoms with Gasteiger partial charge in [-0.15, -0.1) is 4.68 Å². The molecule has 112 valence electrons. The van der Waals surface area contributed by atoms with E-state index in [1.54, 1.807) is 0 Å². The van der Waals surface area contributed by atoms with Gasteiger partial charge in [-0.1, -0.05) is 0 Å². The first kappa shape index (κ1) is 14.9. The molecule has 2 aromatic rings. The Morgan fingerprint density at radius 1 is 1.24 bits per heavy atom. The maximum atomic E-state index is 14.1. The van der Waals surface area contributed by atoms with Crippen LogP contribution in [0.4, 0.5) is 27.8 Å². The fraction of sp³-hybridized carbons (Fsp3) is 0.182. The molecule has 0 radical (unpaired) electrons. The van der Waals surface area contributed by atoms with Crippen molar-refractivity contribution < 1.29 is 26.9 Å². The van der Waals surface area contributed by atoms with E-state index in [1.807, 2.05) is 0 Å². The third-order valence-corrected chi connectivity index (χ3v) is 2.69. The monoisotopic (exact) mass is 307 g/mol. The van der Waals surface area contributed by atoms with Crippen molar-refractivity contribution in [2.75, 3.05) is 0 Å². The summed E-state index contributed by atoms with van der Waals surface area (Å²) in [7, 11) is 0. The summed E-state index contributed by atoms with van der Waals surface area (Å²) in [6.45, 7) is 1.08. The van der Waals surface area contributed by atoms with Crippen molar-refractivity contribution in [3.05, 3.63) is 57.0 Å². The number of aromatic nitrogens is 2. The van der Waals surface area contributed by atoms with Crippen molar-refractivity contribution in [3.63, 3.8) is 0 Å². The van der Waals surface area contributed by atoms with Crippen LogP contribution in [0.25, 0.3) is 0 Å². The third-order valence-electron chi connectivity index (χ3n) is 2.69. The highest BCUT2D eigenvalue weighted by Gasteiger charge is 2.43. The van der Waals surface area contributed by atoms with Crippen LogP contribution >= 0.6 is 0 Å². The highest BCUT2D eigenvalue weighted by Crippen LogP contribution is 2.34. The molecule has 0 saturated carbocycles. The maximum absolute atomic E-state index is 14.1. The second kappa shape index (κ2) is 4.79. The Labute approximate surface area is 113 Å². The average molecular weight is 307 g/mol. The molecule has 0 aliphatic carbocycles. The number of hydrogen-bond donors (Lipinski definition) is 0. The van der Waals surface area contributed by atoms with Gasteiger partial charge in [0.05, 0.1) is 22.4 Å². The highest BCUT2D eigenvalue weighted by atomic mass is 19.3. The van der Waals surface area contributed by atoms with Crippen molar-refractivity contribution in [3.8, 4) is 0 Å². The van der Waals surface area contributed by atoms with Crippen LogP contribution in [-0.4, -0.2) is 14.7 Å². The Morgan fingerprint density at radius 3 is 2.38 bits per heavy atom. The summed E-state index contributed by atoms with van der Waals surface area (Å²) in [6, 6.07) is -2.81. The number of rotatable bonds is 3. The van der Waals surface area contributed by atoms with Gasteiger partial charge in [0.1, 0.15) is 0 Å². The second-order valence-electron chi connectivity index (χ2n) is 4.08. The zero-order chi connectivity index (χ0) is 15.9. The van der Waals surface area contributed by atoms with Gasteiger partial charge in [-0.25, -0.2) is 13.2 Å². The lowest BCUT2D eigenvalue weighted by atomic mass is 10.1. The van der Waals surface area contributed by atoms with Gasteiger partial charge < -0.3 is 10.1 Å². The lowest BCUT2D eigenvalue weighted by molar-refractivity contribution is -0.390. The minimum atomic E-state index is -4.23. The summed E-state index contributed by atoms with van der Waals surface area (Å²) in [4.78, 5) is 9.48. The summed E-state index contributed by atoms with van der Waals surface area (Å²) < 4.78 is 67.5. The van der Waals surface area contributed by atoms with Crippen LogP contribution in [0.1, 0.15) is 11.3 Å². The normalized spacial score (nSPS) is 11.7. The lowest BCUT2D eigenvalue weighted by Gasteiger charge is -2.16. The van der Waals surface area contributed by atoms with Crippen LogP contribution in [0.15, 0.2) is 18.2 Å². The smallest absolute Gasteiger partial charge is 0.358 e. The molecule has 0 N–H and O–H groups in total. The predicted octanol–water partition coefficient (Wildman–Crippen LogP) is 3.11. The van der Waals surface area contributed by atoms with Crippen molar-refractivity contribution in [2.45, 2.75) is 13.0 Å². The number of alkyl halides is 2. The molecular formula is C11H6F5N3O2. The highest BCUT2D eigenvalue weighted by molar-refractivity contribution is 5.28. The molecule has 0 aliphatic heterocycles. The molecule has 2 rings (SSSR count). The molecule has 0 aliphatic rings. The summed E-state index contributed by atoms with van der Waals surface area (Å²) in [5, 5.41) is 13.5. The quantitative estimate of drug-likeness (QED) is 0.379. The topological polar surface area (TPSA) is 61.0 Å². The molecule has 0 amide bonds. The molecular weight excluding hydrogens is 301 g/mol. The molecule has 1 aromatic heterocycles. The summed E-state index contributed by atoms with van der Waals surface area (Å²) in [5.41, 5.74) is -1.83. The molecule has 5 nitrogen and oxygen atoms in total. The van der Waals surface area contributed by atoms with Crippen molar-refractivity contribution in [1.82, 2.24) is 9.78 Å². The molecule has 0 saturated heterocycles.